The molecule has 0 radical (unpaired) electrons. The van der Waals surface area contributed by atoms with E-state index in [0.29, 0.717) is 0 Å². The number of rotatable bonds is 5. The summed E-state index contributed by atoms with van der Waals surface area (Å²) in [5.74, 6) is 1.77. The zero-order valence-corrected chi connectivity index (χ0v) is 15.6. The van der Waals surface area contributed by atoms with Crippen molar-refractivity contribution in [2.45, 2.75) is 6.92 Å². The van der Waals surface area contributed by atoms with Crippen LogP contribution in [-0.4, -0.2) is 57.4 Å². The van der Waals surface area contributed by atoms with Gasteiger partial charge >= 0.3 is 0 Å². The summed E-state index contributed by atoms with van der Waals surface area (Å²) in [6, 6.07) is 14.4. The molecule has 0 atom stereocenters. The van der Waals surface area contributed by atoms with Gasteiger partial charge in [-0.25, -0.2) is 14.6 Å². The SMILES string of the molecule is Cc1ccn(-c2cc(N3CCN(C/C=C/c4ccccc4)CC3)ncn2)n1. The lowest BCUT2D eigenvalue weighted by Gasteiger charge is -2.34. The fraction of sp³-hybridized carbons (Fsp3) is 0.286. The van der Waals surface area contributed by atoms with Gasteiger partial charge in [-0.2, -0.15) is 5.10 Å². The minimum Gasteiger partial charge on any atom is -0.354 e. The fourth-order valence-corrected chi connectivity index (χ4v) is 3.24. The lowest BCUT2D eigenvalue weighted by atomic mass is 10.2. The number of aromatic nitrogens is 4. The van der Waals surface area contributed by atoms with Crippen molar-refractivity contribution >= 4 is 11.9 Å². The lowest BCUT2D eigenvalue weighted by Crippen LogP contribution is -2.46. The van der Waals surface area contributed by atoms with Gasteiger partial charge in [0, 0.05) is 45.0 Å². The van der Waals surface area contributed by atoms with Crippen molar-refractivity contribution in [3.63, 3.8) is 0 Å². The molecule has 4 rings (SSSR count). The smallest absolute Gasteiger partial charge is 0.158 e. The molecule has 0 aliphatic carbocycles. The van der Waals surface area contributed by atoms with Gasteiger partial charge < -0.3 is 4.90 Å². The van der Waals surface area contributed by atoms with Crippen LogP contribution in [0.1, 0.15) is 11.3 Å². The number of nitrogens with zero attached hydrogens (tertiary/aromatic N) is 6. The van der Waals surface area contributed by atoms with Crippen LogP contribution in [0.5, 0.6) is 0 Å². The van der Waals surface area contributed by atoms with Crippen molar-refractivity contribution in [3.05, 3.63) is 72.3 Å². The molecule has 3 aromatic rings. The van der Waals surface area contributed by atoms with Gasteiger partial charge in [0.1, 0.15) is 12.1 Å². The number of piperazine rings is 1. The van der Waals surface area contributed by atoms with Gasteiger partial charge in [-0.1, -0.05) is 42.5 Å². The van der Waals surface area contributed by atoms with Crippen LogP contribution in [0.15, 0.2) is 61.1 Å². The van der Waals surface area contributed by atoms with Crippen molar-refractivity contribution in [2.75, 3.05) is 37.6 Å². The number of aryl methyl sites for hydroxylation is 1. The van der Waals surface area contributed by atoms with Gasteiger partial charge in [-0.05, 0) is 18.6 Å². The third-order valence-corrected chi connectivity index (χ3v) is 4.77. The summed E-state index contributed by atoms with van der Waals surface area (Å²) in [5, 5.41) is 4.43. The first-order chi connectivity index (χ1) is 13.3. The van der Waals surface area contributed by atoms with Crippen molar-refractivity contribution in [3.8, 4) is 5.82 Å². The number of benzene rings is 1. The first-order valence-corrected chi connectivity index (χ1v) is 9.31. The molecular formula is C21H24N6. The van der Waals surface area contributed by atoms with E-state index in [2.05, 4.69) is 61.3 Å². The van der Waals surface area contributed by atoms with E-state index in [9.17, 15) is 0 Å². The first-order valence-electron chi connectivity index (χ1n) is 9.31. The van der Waals surface area contributed by atoms with E-state index >= 15 is 0 Å². The third-order valence-electron chi connectivity index (χ3n) is 4.77. The van der Waals surface area contributed by atoms with Crippen LogP contribution < -0.4 is 4.90 Å². The third kappa shape index (κ3) is 4.41. The molecule has 0 spiro atoms. The van der Waals surface area contributed by atoms with Crippen LogP contribution >= 0.6 is 0 Å². The Hall–Kier alpha value is -2.99. The van der Waals surface area contributed by atoms with Crippen LogP contribution in [0.25, 0.3) is 11.9 Å². The van der Waals surface area contributed by atoms with Gasteiger partial charge in [-0.3, -0.25) is 4.90 Å². The molecule has 27 heavy (non-hydrogen) atoms. The second-order valence-corrected chi connectivity index (χ2v) is 6.74. The molecule has 1 aliphatic rings. The summed E-state index contributed by atoms with van der Waals surface area (Å²) in [4.78, 5) is 13.6. The standard InChI is InChI=1S/C21H24N6/c1-18-9-11-27(24-18)21-16-20(22-17-23-21)26-14-12-25(13-15-26)10-5-8-19-6-3-2-4-7-19/h2-9,11,16-17H,10,12-15H2,1H3/b8-5+. The Balaban J connectivity index is 1.33. The molecule has 1 aromatic carbocycles. The number of hydrogen-bond donors (Lipinski definition) is 0. The summed E-state index contributed by atoms with van der Waals surface area (Å²) in [5.41, 5.74) is 2.23. The topological polar surface area (TPSA) is 50.1 Å². The zero-order valence-electron chi connectivity index (χ0n) is 15.6. The van der Waals surface area contributed by atoms with Crippen molar-refractivity contribution in [2.24, 2.45) is 0 Å². The average Bonchev–Trinajstić information content (AvgIpc) is 3.16. The van der Waals surface area contributed by atoms with Gasteiger partial charge in [-0.15, -0.1) is 0 Å². The molecular weight excluding hydrogens is 336 g/mol. The molecule has 138 valence electrons. The molecule has 0 bridgehead atoms. The molecule has 2 aromatic heterocycles. The van der Waals surface area contributed by atoms with E-state index in [1.807, 2.05) is 31.3 Å². The zero-order chi connectivity index (χ0) is 18.5. The maximum absolute atomic E-state index is 4.46. The molecule has 0 N–H and O–H groups in total. The van der Waals surface area contributed by atoms with Gasteiger partial charge in [0.05, 0.1) is 5.69 Å². The first kappa shape index (κ1) is 17.4. The Bertz CT molecular complexity index is 894. The van der Waals surface area contributed by atoms with E-state index < -0.39 is 0 Å². The molecule has 3 heterocycles. The summed E-state index contributed by atoms with van der Waals surface area (Å²) in [6.07, 6.45) is 7.98. The second kappa shape index (κ2) is 8.14. The van der Waals surface area contributed by atoms with Crippen molar-refractivity contribution < 1.29 is 0 Å². The molecule has 0 saturated carbocycles. The van der Waals surface area contributed by atoms with Gasteiger partial charge in [0.15, 0.2) is 5.82 Å². The highest BCUT2D eigenvalue weighted by Gasteiger charge is 2.17. The number of anilines is 1. The highest BCUT2D eigenvalue weighted by molar-refractivity contribution is 5.49. The summed E-state index contributed by atoms with van der Waals surface area (Å²) < 4.78 is 1.80. The maximum Gasteiger partial charge on any atom is 0.158 e. The predicted molar refractivity (Wildman–Crippen MR) is 108 cm³/mol. The summed E-state index contributed by atoms with van der Waals surface area (Å²) in [7, 11) is 0. The van der Waals surface area contributed by atoms with Crippen LogP contribution in [0.3, 0.4) is 0 Å². The Labute approximate surface area is 159 Å². The minimum absolute atomic E-state index is 0.807. The van der Waals surface area contributed by atoms with Crippen LogP contribution in [0.4, 0.5) is 5.82 Å². The van der Waals surface area contributed by atoms with Crippen LogP contribution in [-0.2, 0) is 0 Å². The van der Waals surface area contributed by atoms with E-state index in [1.54, 1.807) is 11.0 Å². The monoisotopic (exact) mass is 360 g/mol. The Morgan fingerprint density at radius 3 is 2.48 bits per heavy atom. The summed E-state index contributed by atoms with van der Waals surface area (Å²) in [6.45, 7) is 6.94. The van der Waals surface area contributed by atoms with Crippen LogP contribution in [0.2, 0.25) is 0 Å². The van der Waals surface area contributed by atoms with E-state index in [-0.39, 0.29) is 0 Å². The molecule has 1 fully saturated rings. The lowest BCUT2D eigenvalue weighted by molar-refractivity contribution is 0.283. The largest absolute Gasteiger partial charge is 0.354 e. The molecule has 1 saturated heterocycles. The summed E-state index contributed by atoms with van der Waals surface area (Å²) >= 11 is 0. The van der Waals surface area contributed by atoms with Gasteiger partial charge in [0.2, 0.25) is 0 Å². The number of hydrogen-bond acceptors (Lipinski definition) is 5. The molecule has 1 aliphatic heterocycles. The highest BCUT2D eigenvalue weighted by Crippen LogP contribution is 2.16. The fourth-order valence-electron chi connectivity index (χ4n) is 3.24. The predicted octanol–water partition coefficient (Wildman–Crippen LogP) is 2.81. The Morgan fingerprint density at radius 1 is 0.963 bits per heavy atom. The maximum atomic E-state index is 4.46. The minimum atomic E-state index is 0.807. The second-order valence-electron chi connectivity index (χ2n) is 6.74. The Morgan fingerprint density at radius 2 is 1.74 bits per heavy atom. The molecule has 6 nitrogen and oxygen atoms in total. The molecule has 0 amide bonds. The average molecular weight is 360 g/mol. The molecule has 0 unspecified atom stereocenters. The van der Waals surface area contributed by atoms with E-state index in [4.69, 9.17) is 0 Å². The van der Waals surface area contributed by atoms with E-state index in [1.165, 1.54) is 5.56 Å². The molecule has 6 heteroatoms. The van der Waals surface area contributed by atoms with E-state index in [0.717, 1.165) is 50.1 Å². The normalized spacial score (nSPS) is 15.5. The Kier molecular flexibility index (Phi) is 5.25. The highest BCUT2D eigenvalue weighted by atomic mass is 15.3. The quantitative estimate of drug-likeness (QED) is 0.700. The van der Waals surface area contributed by atoms with Gasteiger partial charge in [0.25, 0.3) is 0 Å². The van der Waals surface area contributed by atoms with Crippen molar-refractivity contribution in [1.82, 2.24) is 24.6 Å². The van der Waals surface area contributed by atoms with Crippen molar-refractivity contribution in [1.29, 1.82) is 0 Å². The van der Waals surface area contributed by atoms with Crippen LogP contribution in [0, 0.1) is 6.92 Å².